The lowest BCUT2D eigenvalue weighted by Crippen LogP contribution is -2.30. The molecule has 0 unspecified atom stereocenters. The molecule has 4 rings (SSSR count). The molecular formula is C22H20FN5O5S. The Kier molecular flexibility index (Phi) is 6.52. The Morgan fingerprint density at radius 1 is 1.12 bits per heavy atom. The predicted molar refractivity (Wildman–Crippen MR) is 123 cm³/mol. The van der Waals surface area contributed by atoms with E-state index < -0.39 is 27.5 Å². The number of rotatable bonds is 8. The molecule has 0 aliphatic carbocycles. The van der Waals surface area contributed by atoms with Crippen LogP contribution in [0.2, 0.25) is 0 Å². The number of pyridine rings is 1. The highest BCUT2D eigenvalue weighted by atomic mass is 32.2. The van der Waals surface area contributed by atoms with Crippen LogP contribution in [0, 0.1) is 12.7 Å². The average Bonchev–Trinajstić information content (AvgIpc) is 2.79. The summed E-state index contributed by atoms with van der Waals surface area (Å²) in [6, 6.07) is 8.11. The monoisotopic (exact) mass is 485 g/mol. The summed E-state index contributed by atoms with van der Waals surface area (Å²) >= 11 is 0. The van der Waals surface area contributed by atoms with E-state index in [0.29, 0.717) is 16.7 Å². The molecule has 34 heavy (non-hydrogen) atoms. The zero-order valence-corrected chi connectivity index (χ0v) is 19.0. The van der Waals surface area contributed by atoms with Crippen molar-refractivity contribution in [3.63, 3.8) is 0 Å². The van der Waals surface area contributed by atoms with E-state index in [9.17, 15) is 17.6 Å². The average molecular weight is 485 g/mol. The van der Waals surface area contributed by atoms with E-state index in [0.717, 1.165) is 0 Å². The van der Waals surface area contributed by atoms with Gasteiger partial charge in [0.1, 0.15) is 11.3 Å². The van der Waals surface area contributed by atoms with E-state index in [1.165, 1.54) is 24.7 Å². The first kappa shape index (κ1) is 23.3. The van der Waals surface area contributed by atoms with Crippen molar-refractivity contribution in [1.29, 1.82) is 0 Å². The summed E-state index contributed by atoms with van der Waals surface area (Å²) in [6.45, 7) is 3.44. The minimum absolute atomic E-state index is 0.0835. The van der Waals surface area contributed by atoms with Gasteiger partial charge in [-0.3, -0.25) is 4.72 Å². The minimum Gasteiger partial charge on any atom is -0.424 e. The molecule has 0 radical (unpaired) electrons. The van der Waals surface area contributed by atoms with Crippen LogP contribution < -0.4 is 19.8 Å². The topological polar surface area (TPSA) is 136 Å². The predicted octanol–water partition coefficient (Wildman–Crippen LogP) is 3.07. The Bertz CT molecular complexity index is 1510. The number of hydrogen-bond donors (Lipinski definition) is 2. The zero-order valence-electron chi connectivity index (χ0n) is 18.2. The maximum absolute atomic E-state index is 15.0. The molecule has 0 spiro atoms. The normalized spacial score (nSPS) is 11.5. The van der Waals surface area contributed by atoms with Crippen molar-refractivity contribution in [3.8, 4) is 11.8 Å². The van der Waals surface area contributed by atoms with Gasteiger partial charge in [-0.25, -0.2) is 24.1 Å². The number of nitrogens with zero attached hydrogens (tertiary/aromatic N) is 3. The molecule has 0 aliphatic rings. The molecule has 4 aromatic rings. The second-order valence-corrected chi connectivity index (χ2v) is 8.70. The number of aromatic nitrogens is 3. The van der Waals surface area contributed by atoms with Gasteiger partial charge in [-0.2, -0.15) is 13.1 Å². The highest BCUT2D eigenvalue weighted by Crippen LogP contribution is 2.28. The Morgan fingerprint density at radius 3 is 2.62 bits per heavy atom. The second-order valence-electron chi connectivity index (χ2n) is 7.20. The van der Waals surface area contributed by atoms with Crippen molar-refractivity contribution in [2.45, 2.75) is 20.3 Å². The third kappa shape index (κ3) is 5.02. The molecule has 176 valence electrons. The minimum atomic E-state index is -3.97. The largest absolute Gasteiger partial charge is 0.424 e. The molecule has 0 saturated heterocycles. The summed E-state index contributed by atoms with van der Waals surface area (Å²) < 4.78 is 54.1. The summed E-state index contributed by atoms with van der Waals surface area (Å²) in [5.41, 5.74) is 0.552. The van der Waals surface area contributed by atoms with Crippen LogP contribution in [0.15, 0.2) is 58.1 Å². The van der Waals surface area contributed by atoms with E-state index in [4.69, 9.17) is 9.15 Å². The molecule has 0 aliphatic heterocycles. The Balaban J connectivity index is 1.66. The maximum atomic E-state index is 15.0. The smallest absolute Gasteiger partial charge is 0.340 e. The number of nitrogens with one attached hydrogen (secondary N) is 2. The highest BCUT2D eigenvalue weighted by molar-refractivity contribution is 7.90. The number of ether oxygens (including phenoxy) is 1. The van der Waals surface area contributed by atoms with Crippen molar-refractivity contribution in [2.75, 3.05) is 11.3 Å². The second kappa shape index (κ2) is 9.53. The van der Waals surface area contributed by atoms with E-state index >= 15 is 0 Å². The zero-order chi connectivity index (χ0) is 24.3. The van der Waals surface area contributed by atoms with Crippen LogP contribution in [0.25, 0.3) is 11.0 Å². The molecule has 3 heterocycles. The highest BCUT2D eigenvalue weighted by Gasteiger charge is 2.19. The van der Waals surface area contributed by atoms with Gasteiger partial charge in [0.25, 0.3) is 10.2 Å². The van der Waals surface area contributed by atoms with Crippen molar-refractivity contribution in [2.24, 2.45) is 0 Å². The summed E-state index contributed by atoms with van der Waals surface area (Å²) in [6.07, 6.45) is 4.21. The maximum Gasteiger partial charge on any atom is 0.340 e. The molecule has 0 amide bonds. The number of benzene rings is 1. The molecular weight excluding hydrogens is 465 g/mol. The Hall–Kier alpha value is -3.90. The van der Waals surface area contributed by atoms with Crippen LogP contribution in [-0.2, 0) is 16.6 Å². The first-order valence-corrected chi connectivity index (χ1v) is 11.7. The van der Waals surface area contributed by atoms with Gasteiger partial charge in [0.2, 0.25) is 0 Å². The summed E-state index contributed by atoms with van der Waals surface area (Å²) in [4.78, 5) is 24.5. The lowest BCUT2D eigenvalue weighted by atomic mass is 10.00. The van der Waals surface area contributed by atoms with Crippen LogP contribution in [0.5, 0.6) is 11.8 Å². The molecule has 3 aromatic heterocycles. The molecule has 0 fully saturated rings. The third-order valence-electron chi connectivity index (χ3n) is 4.91. The number of anilines is 1. The van der Waals surface area contributed by atoms with Crippen molar-refractivity contribution in [1.82, 2.24) is 19.7 Å². The molecule has 2 N–H and O–H groups in total. The van der Waals surface area contributed by atoms with Crippen LogP contribution in [0.1, 0.15) is 23.6 Å². The molecule has 0 atom stereocenters. The fraction of sp³-hybridized carbons (Fsp3) is 0.182. The molecule has 0 saturated carbocycles. The van der Waals surface area contributed by atoms with Gasteiger partial charge in [-0.05, 0) is 42.3 Å². The standard InChI is InChI=1S/C22H20FN5O5S/c1-3-27-34(30,31)28-20-19(23)14(7-10-24-20)11-17-13(2)16-6-5-15(12-18(16)33-21(17)29)32-22-25-8-4-9-26-22/h4-10,12,27H,3,11H2,1-2H3,(H,24,28). The van der Waals surface area contributed by atoms with E-state index in [1.54, 1.807) is 38.1 Å². The molecule has 10 nitrogen and oxygen atoms in total. The van der Waals surface area contributed by atoms with Crippen molar-refractivity contribution >= 4 is 27.0 Å². The quantitative estimate of drug-likeness (QED) is 0.364. The molecule has 0 bridgehead atoms. The fourth-order valence-corrected chi connectivity index (χ4v) is 4.17. The van der Waals surface area contributed by atoms with E-state index in [-0.39, 0.29) is 35.7 Å². The van der Waals surface area contributed by atoms with Crippen molar-refractivity contribution in [3.05, 3.63) is 81.9 Å². The van der Waals surface area contributed by atoms with Crippen molar-refractivity contribution < 1.29 is 22.0 Å². The van der Waals surface area contributed by atoms with Gasteiger partial charge in [0.05, 0.1) is 0 Å². The van der Waals surface area contributed by atoms with Crippen LogP contribution >= 0.6 is 0 Å². The summed E-state index contributed by atoms with van der Waals surface area (Å²) in [7, 11) is -3.97. The van der Waals surface area contributed by atoms with Gasteiger partial charge in [0.15, 0.2) is 11.6 Å². The fourth-order valence-electron chi connectivity index (χ4n) is 3.32. The number of aryl methyl sites for hydroxylation is 1. The number of hydrogen-bond acceptors (Lipinski definition) is 8. The van der Waals surface area contributed by atoms with E-state index in [2.05, 4.69) is 19.7 Å². The Labute approximate surface area is 194 Å². The first-order valence-electron chi connectivity index (χ1n) is 10.2. The molecule has 12 heteroatoms. The number of halogens is 1. The van der Waals surface area contributed by atoms with Gasteiger partial charge >= 0.3 is 11.6 Å². The van der Waals surface area contributed by atoms with Crippen LogP contribution in [0.3, 0.4) is 0 Å². The first-order chi connectivity index (χ1) is 16.3. The van der Waals surface area contributed by atoms with Gasteiger partial charge in [0, 0.05) is 48.6 Å². The number of fused-ring (bicyclic) bond motifs is 1. The Morgan fingerprint density at radius 2 is 1.88 bits per heavy atom. The lowest BCUT2D eigenvalue weighted by Gasteiger charge is -2.12. The van der Waals surface area contributed by atoms with Gasteiger partial charge in [-0.1, -0.05) is 6.92 Å². The van der Waals surface area contributed by atoms with E-state index in [1.807, 2.05) is 4.72 Å². The third-order valence-corrected chi connectivity index (χ3v) is 6.04. The van der Waals surface area contributed by atoms with Gasteiger partial charge in [-0.15, -0.1) is 0 Å². The summed E-state index contributed by atoms with van der Waals surface area (Å²) in [5, 5.41) is 0.637. The van der Waals surface area contributed by atoms with Gasteiger partial charge < -0.3 is 9.15 Å². The molecule has 1 aromatic carbocycles. The SMILES string of the molecule is CCNS(=O)(=O)Nc1nccc(Cc2c(C)c3ccc(Oc4ncccn4)cc3oc2=O)c1F. The van der Waals surface area contributed by atoms with Crippen LogP contribution in [-0.4, -0.2) is 29.9 Å². The lowest BCUT2D eigenvalue weighted by molar-refractivity contribution is 0.440. The van der Waals surface area contributed by atoms with Crippen LogP contribution in [0.4, 0.5) is 10.2 Å². The summed E-state index contributed by atoms with van der Waals surface area (Å²) in [5.74, 6) is -0.965.